The van der Waals surface area contributed by atoms with Crippen LogP contribution in [0.2, 0.25) is 0 Å². The highest BCUT2D eigenvalue weighted by Crippen LogP contribution is 2.66. The molecule has 0 saturated heterocycles. The Morgan fingerprint density at radius 1 is 1.32 bits per heavy atom. The molecule has 0 radical (unpaired) electrons. The molecule has 0 unspecified atom stereocenters. The Hall–Kier alpha value is -1.84. The average molecular weight is 300 g/mol. The lowest BCUT2D eigenvalue weighted by molar-refractivity contribution is -0.123. The van der Waals surface area contributed by atoms with Gasteiger partial charge in [-0.2, -0.15) is 5.10 Å². The number of carbonyl (C=O) groups excluding carboxylic acids is 1. The van der Waals surface area contributed by atoms with Gasteiger partial charge in [0.2, 0.25) is 5.91 Å². The summed E-state index contributed by atoms with van der Waals surface area (Å²) in [5.74, 6) is 1.62. The molecule has 4 nitrogen and oxygen atoms in total. The molecule has 1 N–H and O–H groups in total. The van der Waals surface area contributed by atoms with Crippen molar-refractivity contribution in [1.29, 1.82) is 0 Å². The number of nitrogens with one attached hydrogen (secondary N) is 1. The Morgan fingerprint density at radius 3 is 2.64 bits per heavy atom. The maximum Gasteiger partial charge on any atom is 0.244 e. The molecule has 22 heavy (non-hydrogen) atoms. The van der Waals surface area contributed by atoms with Gasteiger partial charge in [0.05, 0.1) is 12.8 Å². The minimum absolute atomic E-state index is 0.0854. The van der Waals surface area contributed by atoms with E-state index < -0.39 is 0 Å². The van der Waals surface area contributed by atoms with Crippen LogP contribution in [0.4, 0.5) is 0 Å². The second kappa shape index (κ2) is 5.75. The molecule has 4 heteroatoms. The number of carbonyl (C=O) groups is 1. The van der Waals surface area contributed by atoms with Crippen molar-refractivity contribution >= 4 is 11.6 Å². The normalized spacial score (nSPS) is 30.4. The SMILES string of the molecule is COc1ccc(/C(C)=N\NC(=O)[C@@H]2[C@@H]3CCCC[C@]23C)cc1. The van der Waals surface area contributed by atoms with E-state index in [1.807, 2.05) is 31.2 Å². The summed E-state index contributed by atoms with van der Waals surface area (Å²) in [5.41, 5.74) is 4.80. The fourth-order valence-electron chi connectivity index (χ4n) is 3.96. The van der Waals surface area contributed by atoms with Gasteiger partial charge in [0.1, 0.15) is 5.75 Å². The van der Waals surface area contributed by atoms with E-state index in [0.29, 0.717) is 5.92 Å². The summed E-state index contributed by atoms with van der Waals surface area (Å²) in [5, 5.41) is 4.28. The molecule has 118 valence electrons. The third-order valence-corrected chi connectivity index (χ3v) is 5.46. The largest absolute Gasteiger partial charge is 0.497 e. The number of benzene rings is 1. The van der Waals surface area contributed by atoms with Crippen molar-refractivity contribution in [2.75, 3.05) is 7.11 Å². The van der Waals surface area contributed by atoms with Gasteiger partial charge in [0, 0.05) is 5.92 Å². The Balaban J connectivity index is 1.62. The average Bonchev–Trinajstić information content (AvgIpc) is 3.18. The summed E-state index contributed by atoms with van der Waals surface area (Å²) in [4.78, 5) is 12.4. The fourth-order valence-corrected chi connectivity index (χ4v) is 3.96. The topological polar surface area (TPSA) is 50.7 Å². The van der Waals surface area contributed by atoms with E-state index >= 15 is 0 Å². The minimum atomic E-state index is 0.0854. The third kappa shape index (κ3) is 2.62. The van der Waals surface area contributed by atoms with Gasteiger partial charge in [0.15, 0.2) is 0 Å². The lowest BCUT2D eigenvalue weighted by atomic mass is 9.90. The highest BCUT2D eigenvalue weighted by molar-refractivity contribution is 5.99. The van der Waals surface area contributed by atoms with Crippen molar-refractivity contribution in [3.8, 4) is 5.75 Å². The zero-order chi connectivity index (χ0) is 15.7. The summed E-state index contributed by atoms with van der Waals surface area (Å²) >= 11 is 0. The molecule has 0 spiro atoms. The lowest BCUT2D eigenvalue weighted by Crippen LogP contribution is -2.23. The first-order valence-electron chi connectivity index (χ1n) is 8.05. The van der Waals surface area contributed by atoms with Gasteiger partial charge in [-0.25, -0.2) is 5.43 Å². The molecule has 0 heterocycles. The van der Waals surface area contributed by atoms with Gasteiger partial charge >= 0.3 is 0 Å². The maximum atomic E-state index is 12.4. The van der Waals surface area contributed by atoms with E-state index in [-0.39, 0.29) is 17.2 Å². The Labute approximate surface area is 131 Å². The zero-order valence-corrected chi connectivity index (χ0v) is 13.6. The molecule has 0 aromatic heterocycles. The summed E-state index contributed by atoms with van der Waals surface area (Å²) in [7, 11) is 1.64. The summed E-state index contributed by atoms with van der Waals surface area (Å²) in [6, 6.07) is 7.68. The number of hydrogen-bond donors (Lipinski definition) is 1. The zero-order valence-electron chi connectivity index (χ0n) is 13.6. The van der Waals surface area contributed by atoms with E-state index in [9.17, 15) is 4.79 Å². The molecular formula is C18H24N2O2. The van der Waals surface area contributed by atoms with E-state index in [1.165, 1.54) is 25.7 Å². The van der Waals surface area contributed by atoms with Crippen LogP contribution in [0.15, 0.2) is 29.4 Å². The maximum absolute atomic E-state index is 12.4. The molecule has 2 aliphatic rings. The molecule has 3 atom stereocenters. The van der Waals surface area contributed by atoms with Crippen LogP contribution in [-0.4, -0.2) is 18.7 Å². The predicted molar refractivity (Wildman–Crippen MR) is 86.9 cm³/mol. The number of amides is 1. The number of rotatable bonds is 4. The molecule has 2 fully saturated rings. The first-order valence-corrected chi connectivity index (χ1v) is 8.05. The van der Waals surface area contributed by atoms with Crippen LogP contribution >= 0.6 is 0 Å². The third-order valence-electron chi connectivity index (χ3n) is 5.46. The Morgan fingerprint density at radius 2 is 2.05 bits per heavy atom. The van der Waals surface area contributed by atoms with Crippen LogP contribution in [-0.2, 0) is 4.79 Å². The first kappa shape index (κ1) is 15.1. The van der Waals surface area contributed by atoms with E-state index in [0.717, 1.165) is 17.0 Å². The summed E-state index contributed by atoms with van der Waals surface area (Å²) < 4.78 is 5.14. The number of hydrazone groups is 1. The summed E-state index contributed by atoms with van der Waals surface area (Å²) in [6.45, 7) is 4.16. The molecule has 1 amide bonds. The minimum Gasteiger partial charge on any atom is -0.497 e. The number of nitrogens with zero attached hydrogens (tertiary/aromatic N) is 1. The van der Waals surface area contributed by atoms with Crippen molar-refractivity contribution in [3.63, 3.8) is 0 Å². The van der Waals surface area contributed by atoms with Crippen LogP contribution in [0, 0.1) is 17.3 Å². The number of methoxy groups -OCH3 is 1. The smallest absolute Gasteiger partial charge is 0.244 e. The van der Waals surface area contributed by atoms with Crippen molar-refractivity contribution in [3.05, 3.63) is 29.8 Å². The molecule has 0 bridgehead atoms. The molecule has 1 aromatic rings. The van der Waals surface area contributed by atoms with Crippen molar-refractivity contribution in [1.82, 2.24) is 5.43 Å². The van der Waals surface area contributed by atoms with Crippen LogP contribution in [0.5, 0.6) is 5.75 Å². The predicted octanol–water partition coefficient (Wildman–Crippen LogP) is 3.36. The van der Waals surface area contributed by atoms with Crippen LogP contribution < -0.4 is 10.2 Å². The lowest BCUT2D eigenvalue weighted by Gasteiger charge is -2.15. The Kier molecular flexibility index (Phi) is 3.94. The second-order valence-corrected chi connectivity index (χ2v) is 6.74. The van der Waals surface area contributed by atoms with E-state index in [4.69, 9.17) is 4.74 Å². The molecule has 2 aliphatic carbocycles. The van der Waals surface area contributed by atoms with Crippen molar-refractivity contribution < 1.29 is 9.53 Å². The van der Waals surface area contributed by atoms with Crippen LogP contribution in [0.3, 0.4) is 0 Å². The Bertz CT molecular complexity index is 594. The molecule has 3 rings (SSSR count). The number of hydrogen-bond acceptors (Lipinski definition) is 3. The van der Waals surface area contributed by atoms with E-state index in [2.05, 4.69) is 17.5 Å². The molecule has 1 aromatic carbocycles. The van der Waals surface area contributed by atoms with Crippen LogP contribution in [0.25, 0.3) is 0 Å². The molecule has 0 aliphatic heterocycles. The van der Waals surface area contributed by atoms with Gasteiger partial charge in [-0.05, 0) is 60.9 Å². The van der Waals surface area contributed by atoms with Crippen molar-refractivity contribution in [2.45, 2.75) is 39.5 Å². The molecule has 2 saturated carbocycles. The van der Waals surface area contributed by atoms with Crippen LogP contribution in [0.1, 0.15) is 45.1 Å². The standard InChI is InChI=1S/C18H24N2O2/c1-12(13-7-9-14(22-3)10-8-13)19-20-17(21)16-15-6-4-5-11-18(15,16)2/h7-10,15-16H,4-6,11H2,1-3H3,(H,20,21)/b19-12-/t15-,16-,18-/m0/s1. The summed E-state index contributed by atoms with van der Waals surface area (Å²) in [6.07, 6.45) is 4.88. The van der Waals surface area contributed by atoms with Gasteiger partial charge in [-0.15, -0.1) is 0 Å². The highest BCUT2D eigenvalue weighted by Gasteiger charge is 2.64. The molecular weight excluding hydrogens is 276 g/mol. The van der Waals surface area contributed by atoms with Gasteiger partial charge in [-0.3, -0.25) is 4.79 Å². The fraction of sp³-hybridized carbons (Fsp3) is 0.556. The van der Waals surface area contributed by atoms with Gasteiger partial charge in [-0.1, -0.05) is 19.8 Å². The highest BCUT2D eigenvalue weighted by atomic mass is 16.5. The second-order valence-electron chi connectivity index (χ2n) is 6.74. The number of fused-ring (bicyclic) bond motifs is 1. The van der Waals surface area contributed by atoms with Gasteiger partial charge < -0.3 is 4.74 Å². The number of ether oxygens (including phenoxy) is 1. The first-order chi connectivity index (χ1) is 10.6. The quantitative estimate of drug-likeness (QED) is 0.684. The van der Waals surface area contributed by atoms with Gasteiger partial charge in [0.25, 0.3) is 0 Å². The van der Waals surface area contributed by atoms with Crippen molar-refractivity contribution in [2.24, 2.45) is 22.4 Å². The van der Waals surface area contributed by atoms with E-state index in [1.54, 1.807) is 7.11 Å². The monoisotopic (exact) mass is 300 g/mol.